The number of nitrogens with zero attached hydrogens (tertiary/aromatic N) is 2. The lowest BCUT2D eigenvalue weighted by molar-refractivity contribution is 0.443. The second-order valence-corrected chi connectivity index (χ2v) is 4.63. The Labute approximate surface area is 110 Å². The van der Waals surface area contributed by atoms with Gasteiger partial charge in [0.2, 0.25) is 5.89 Å². The molecule has 0 amide bonds. The van der Waals surface area contributed by atoms with Crippen molar-refractivity contribution in [2.75, 3.05) is 18.6 Å². The van der Waals surface area contributed by atoms with Crippen LogP contribution in [-0.2, 0) is 0 Å². The number of hydrogen-bond acceptors (Lipinski definition) is 6. The molecule has 0 spiro atoms. The van der Waals surface area contributed by atoms with Crippen LogP contribution in [-0.4, -0.2) is 23.5 Å². The van der Waals surface area contributed by atoms with Crippen LogP contribution in [0.3, 0.4) is 0 Å². The average Bonchev–Trinajstić information content (AvgIpc) is 2.87. The third kappa shape index (κ3) is 2.83. The minimum Gasteiger partial charge on any atom is -0.406 e. The van der Waals surface area contributed by atoms with E-state index in [-0.39, 0.29) is 6.04 Å². The molecule has 1 aromatic carbocycles. The van der Waals surface area contributed by atoms with E-state index in [4.69, 9.17) is 4.42 Å². The first-order valence-corrected chi connectivity index (χ1v) is 6.87. The van der Waals surface area contributed by atoms with Gasteiger partial charge in [0.1, 0.15) is 0 Å². The van der Waals surface area contributed by atoms with E-state index in [0.717, 1.165) is 10.6 Å². The number of benzene rings is 1. The van der Waals surface area contributed by atoms with Crippen molar-refractivity contribution in [3.8, 4) is 0 Å². The first-order valence-electron chi connectivity index (χ1n) is 5.65. The number of aromatic nitrogens is 2. The number of anilines is 2. The van der Waals surface area contributed by atoms with E-state index in [1.165, 1.54) is 0 Å². The molecular weight excluding hydrogens is 248 g/mol. The highest BCUT2D eigenvalue weighted by molar-refractivity contribution is 7.98. The molecule has 0 aliphatic rings. The number of para-hydroxylation sites is 1. The molecule has 2 aromatic rings. The summed E-state index contributed by atoms with van der Waals surface area (Å²) in [4.78, 5) is 1.14. The summed E-state index contributed by atoms with van der Waals surface area (Å²) >= 11 is 1.67. The molecule has 0 bridgehead atoms. The summed E-state index contributed by atoms with van der Waals surface area (Å²) in [6.45, 7) is 1.97. The minimum absolute atomic E-state index is 0.0452. The van der Waals surface area contributed by atoms with Crippen molar-refractivity contribution in [3.63, 3.8) is 0 Å². The van der Waals surface area contributed by atoms with Crippen LogP contribution in [0.15, 0.2) is 33.6 Å². The summed E-state index contributed by atoms with van der Waals surface area (Å²) in [7, 11) is 1.85. The maximum atomic E-state index is 5.53. The highest BCUT2D eigenvalue weighted by Gasteiger charge is 2.12. The number of thioether (sulfide) groups is 1. The van der Waals surface area contributed by atoms with Crippen LogP contribution in [0.4, 0.5) is 11.7 Å². The van der Waals surface area contributed by atoms with Crippen LogP contribution in [0.2, 0.25) is 0 Å². The van der Waals surface area contributed by atoms with Crippen LogP contribution in [0.5, 0.6) is 0 Å². The molecule has 0 aliphatic heterocycles. The van der Waals surface area contributed by atoms with E-state index in [1.54, 1.807) is 11.8 Å². The molecule has 0 fully saturated rings. The van der Waals surface area contributed by atoms with Crippen molar-refractivity contribution in [1.82, 2.24) is 15.5 Å². The fourth-order valence-corrected chi connectivity index (χ4v) is 2.00. The Hall–Kier alpha value is -1.53. The molecule has 0 aliphatic carbocycles. The predicted molar refractivity (Wildman–Crippen MR) is 73.3 cm³/mol. The van der Waals surface area contributed by atoms with Gasteiger partial charge in [-0.25, -0.2) is 0 Å². The molecule has 0 saturated carbocycles. The highest BCUT2D eigenvalue weighted by Crippen LogP contribution is 2.27. The molecule has 1 unspecified atom stereocenters. The molecule has 0 saturated heterocycles. The van der Waals surface area contributed by atoms with Gasteiger partial charge >= 0.3 is 6.01 Å². The van der Waals surface area contributed by atoms with Gasteiger partial charge in [0.25, 0.3) is 0 Å². The largest absolute Gasteiger partial charge is 0.406 e. The van der Waals surface area contributed by atoms with Gasteiger partial charge in [-0.15, -0.1) is 16.9 Å². The Morgan fingerprint density at radius 3 is 2.78 bits per heavy atom. The fourth-order valence-electron chi connectivity index (χ4n) is 1.45. The lowest BCUT2D eigenvalue weighted by Gasteiger charge is -2.06. The molecule has 1 heterocycles. The zero-order valence-electron chi connectivity index (χ0n) is 10.6. The van der Waals surface area contributed by atoms with Gasteiger partial charge in [0.05, 0.1) is 11.7 Å². The second-order valence-electron chi connectivity index (χ2n) is 3.78. The van der Waals surface area contributed by atoms with E-state index in [2.05, 4.69) is 20.8 Å². The summed E-state index contributed by atoms with van der Waals surface area (Å²) in [6.07, 6.45) is 2.03. The van der Waals surface area contributed by atoms with Gasteiger partial charge < -0.3 is 15.1 Å². The van der Waals surface area contributed by atoms with Crippen LogP contribution < -0.4 is 10.6 Å². The molecule has 1 atom stereocenters. The van der Waals surface area contributed by atoms with E-state index < -0.39 is 0 Å². The zero-order valence-corrected chi connectivity index (χ0v) is 11.4. The SMILES string of the molecule is CNC(C)c1nnc(Nc2ccccc2SC)o1. The first kappa shape index (κ1) is 12.9. The molecule has 1 aromatic heterocycles. The molecule has 18 heavy (non-hydrogen) atoms. The highest BCUT2D eigenvalue weighted by atomic mass is 32.2. The predicted octanol–water partition coefficient (Wildman–Crippen LogP) is 2.82. The molecular formula is C12H16N4OS. The van der Waals surface area contributed by atoms with Gasteiger partial charge in [-0.2, -0.15) is 0 Å². The van der Waals surface area contributed by atoms with Crippen molar-refractivity contribution in [1.29, 1.82) is 0 Å². The Kier molecular flexibility index (Phi) is 4.22. The summed E-state index contributed by atoms with van der Waals surface area (Å²) in [5.41, 5.74) is 0.970. The maximum absolute atomic E-state index is 5.53. The van der Waals surface area contributed by atoms with Crippen LogP contribution in [0.1, 0.15) is 18.9 Å². The van der Waals surface area contributed by atoms with Gasteiger partial charge in [-0.05, 0) is 32.4 Å². The zero-order chi connectivity index (χ0) is 13.0. The van der Waals surface area contributed by atoms with E-state index in [1.807, 2.05) is 44.5 Å². The van der Waals surface area contributed by atoms with Gasteiger partial charge in [0, 0.05) is 4.90 Å². The van der Waals surface area contributed by atoms with Crippen molar-refractivity contribution < 1.29 is 4.42 Å². The molecule has 0 radical (unpaired) electrons. The summed E-state index contributed by atoms with van der Waals surface area (Å²) in [5, 5.41) is 14.2. The maximum Gasteiger partial charge on any atom is 0.320 e. The van der Waals surface area contributed by atoms with Gasteiger partial charge in [-0.3, -0.25) is 0 Å². The van der Waals surface area contributed by atoms with Crippen LogP contribution >= 0.6 is 11.8 Å². The van der Waals surface area contributed by atoms with E-state index in [0.29, 0.717) is 11.9 Å². The van der Waals surface area contributed by atoms with Crippen molar-refractivity contribution in [3.05, 3.63) is 30.2 Å². The average molecular weight is 264 g/mol. The fraction of sp³-hybridized carbons (Fsp3) is 0.333. The molecule has 5 nitrogen and oxygen atoms in total. The molecule has 2 rings (SSSR count). The molecule has 96 valence electrons. The first-order chi connectivity index (χ1) is 8.74. The van der Waals surface area contributed by atoms with Crippen molar-refractivity contribution >= 4 is 23.5 Å². The third-order valence-electron chi connectivity index (χ3n) is 2.59. The lowest BCUT2D eigenvalue weighted by Crippen LogP contribution is -2.12. The summed E-state index contributed by atoms with van der Waals surface area (Å²) in [6, 6.07) is 8.45. The van der Waals surface area contributed by atoms with Gasteiger partial charge in [-0.1, -0.05) is 17.2 Å². The van der Waals surface area contributed by atoms with E-state index in [9.17, 15) is 0 Å². The smallest absolute Gasteiger partial charge is 0.320 e. The standard InChI is InChI=1S/C12H16N4OS/c1-8(13-2)11-15-16-12(17-11)14-9-6-4-5-7-10(9)18-3/h4-8,13H,1-3H3,(H,14,16). The normalized spacial score (nSPS) is 12.4. The Balaban J connectivity index is 2.16. The number of nitrogens with one attached hydrogen (secondary N) is 2. The summed E-state index contributed by atoms with van der Waals surface area (Å²) < 4.78 is 5.53. The van der Waals surface area contributed by atoms with Gasteiger partial charge in [0.15, 0.2) is 0 Å². The Morgan fingerprint density at radius 1 is 1.28 bits per heavy atom. The topological polar surface area (TPSA) is 63.0 Å². The second kappa shape index (κ2) is 5.88. The monoisotopic (exact) mass is 264 g/mol. The van der Waals surface area contributed by atoms with Crippen molar-refractivity contribution in [2.24, 2.45) is 0 Å². The molecule has 6 heteroatoms. The van der Waals surface area contributed by atoms with Crippen molar-refractivity contribution in [2.45, 2.75) is 17.9 Å². The molecule has 2 N–H and O–H groups in total. The lowest BCUT2D eigenvalue weighted by atomic mass is 10.3. The van der Waals surface area contributed by atoms with Crippen LogP contribution in [0.25, 0.3) is 0 Å². The third-order valence-corrected chi connectivity index (χ3v) is 3.39. The number of hydrogen-bond donors (Lipinski definition) is 2. The Bertz CT molecular complexity index is 514. The quantitative estimate of drug-likeness (QED) is 0.810. The minimum atomic E-state index is 0.0452. The van der Waals surface area contributed by atoms with Crippen LogP contribution in [0, 0.1) is 0 Å². The Morgan fingerprint density at radius 2 is 2.06 bits per heavy atom. The number of rotatable bonds is 5. The summed E-state index contributed by atoms with van der Waals surface area (Å²) in [5.74, 6) is 0.571. The van der Waals surface area contributed by atoms with E-state index >= 15 is 0 Å².